The van der Waals surface area contributed by atoms with Crippen LogP contribution in [0.3, 0.4) is 0 Å². The van der Waals surface area contributed by atoms with Gasteiger partial charge in [-0.05, 0) is 136 Å². The van der Waals surface area contributed by atoms with E-state index in [1.165, 1.54) is 67.0 Å². The summed E-state index contributed by atoms with van der Waals surface area (Å²) in [6.07, 6.45) is 6.12. The number of rotatable bonds is 2. The van der Waals surface area contributed by atoms with Crippen LogP contribution in [0.25, 0.3) is 0 Å². The summed E-state index contributed by atoms with van der Waals surface area (Å²) in [6, 6.07) is 28.1. The molecule has 0 bridgehead atoms. The van der Waals surface area contributed by atoms with Gasteiger partial charge < -0.3 is 28.7 Å². The van der Waals surface area contributed by atoms with E-state index >= 15 is 0 Å². The third-order valence-electron chi connectivity index (χ3n) is 12.5. The second-order valence-electron chi connectivity index (χ2n) is 18.1. The molecule has 0 fully saturated rings. The van der Waals surface area contributed by atoms with Gasteiger partial charge in [-0.2, -0.15) is 0 Å². The molecule has 0 N–H and O–H groups in total. The highest BCUT2D eigenvalue weighted by Gasteiger charge is 2.46. The summed E-state index contributed by atoms with van der Waals surface area (Å²) < 4.78 is 25.2. The third kappa shape index (κ3) is 4.99. The maximum absolute atomic E-state index is 6.44. The molecule has 7 heteroatoms. The lowest BCUT2D eigenvalue weighted by atomic mass is 9.33. The van der Waals surface area contributed by atoms with Crippen LogP contribution < -0.4 is 45.1 Å². The van der Waals surface area contributed by atoms with Crippen molar-refractivity contribution in [2.45, 2.75) is 73.1 Å². The molecule has 0 spiro atoms. The molecular weight excluding hydrogens is 667 g/mol. The fraction of sp³-hybridized carbons (Fsp3) is 0.362. The molecule has 0 saturated heterocycles. The van der Waals surface area contributed by atoms with E-state index in [-0.39, 0.29) is 17.5 Å². The Balaban J connectivity index is 1.20. The van der Waals surface area contributed by atoms with E-state index in [1.54, 1.807) is 0 Å². The van der Waals surface area contributed by atoms with Gasteiger partial charge in [0.2, 0.25) is 0 Å². The largest absolute Gasteiger partial charge is 0.490 e. The van der Waals surface area contributed by atoms with Crippen LogP contribution in [0.5, 0.6) is 23.0 Å². The summed E-state index contributed by atoms with van der Waals surface area (Å²) in [7, 11) is 0. The number of hydrogen-bond acceptors (Lipinski definition) is 6. The molecule has 5 aromatic carbocycles. The summed E-state index contributed by atoms with van der Waals surface area (Å²) in [4.78, 5) is 5.03. The topological polar surface area (TPSA) is 43.4 Å². The summed E-state index contributed by atoms with van der Waals surface area (Å²) in [5.74, 6) is 3.22. The first-order chi connectivity index (χ1) is 26.1. The zero-order valence-corrected chi connectivity index (χ0v) is 32.1. The predicted molar refractivity (Wildman–Crippen MR) is 219 cm³/mol. The Morgan fingerprint density at radius 3 is 1.67 bits per heavy atom. The van der Waals surface area contributed by atoms with Gasteiger partial charge in [-0.1, -0.05) is 39.8 Å². The lowest BCUT2D eigenvalue weighted by Crippen LogP contribution is -2.61. The highest BCUT2D eigenvalue weighted by atomic mass is 16.5. The first-order valence-electron chi connectivity index (χ1n) is 19.9. The van der Waals surface area contributed by atoms with Gasteiger partial charge in [0.05, 0.1) is 32.1 Å². The van der Waals surface area contributed by atoms with Gasteiger partial charge in [0.25, 0.3) is 6.71 Å². The standard InChI is InChI=1S/C47H47BN2O4/c1-28-16-39-45-40(17-28)50(34-10-11-41-42(21-34)52-13-6-12-51-41)38-23-44-43(53-14-7-15-54-44)22-36(38)48(45)35-19-31-26-47(4,5)27-32(31)20-37(35)49(39)33-9-8-29-24-46(2,3)25-30(29)18-33/h8-11,16-23H,6-7,12-15,24-27H2,1-5H3. The average Bonchev–Trinajstić information content (AvgIpc) is 3.36. The molecule has 0 radical (unpaired) electrons. The van der Waals surface area contributed by atoms with E-state index in [1.807, 2.05) is 0 Å². The zero-order valence-electron chi connectivity index (χ0n) is 32.1. The Kier molecular flexibility index (Phi) is 6.89. The molecule has 6 nitrogen and oxygen atoms in total. The van der Waals surface area contributed by atoms with Gasteiger partial charge in [0, 0.05) is 53.4 Å². The number of benzene rings is 5. The number of anilines is 6. The summed E-state index contributed by atoms with van der Waals surface area (Å²) in [5.41, 5.74) is 18.7. The smallest absolute Gasteiger partial charge is 0.252 e. The van der Waals surface area contributed by atoms with Crippen LogP contribution in [0.15, 0.2) is 72.8 Å². The van der Waals surface area contributed by atoms with Gasteiger partial charge in [-0.25, -0.2) is 0 Å². The van der Waals surface area contributed by atoms with Gasteiger partial charge >= 0.3 is 0 Å². The minimum Gasteiger partial charge on any atom is -0.490 e. The van der Waals surface area contributed by atoms with Gasteiger partial charge in [-0.15, -0.1) is 0 Å². The minimum atomic E-state index is 0.00744. The molecule has 0 saturated carbocycles. The van der Waals surface area contributed by atoms with E-state index in [2.05, 4.69) is 117 Å². The Morgan fingerprint density at radius 2 is 0.981 bits per heavy atom. The summed E-state index contributed by atoms with van der Waals surface area (Å²) >= 11 is 0. The highest BCUT2D eigenvalue weighted by molar-refractivity contribution is 7.00. The SMILES string of the molecule is Cc1cc2c3c(c1)N(c1ccc4c(c1)OCCCO4)c1cc4c(cc1B3c1cc3c(cc1N2c1ccc2c(c1)CC(C)(C)C2)CC(C)(C)C3)OCCCO4. The van der Waals surface area contributed by atoms with Crippen molar-refractivity contribution in [1.29, 1.82) is 0 Å². The maximum Gasteiger partial charge on any atom is 0.252 e. The van der Waals surface area contributed by atoms with Crippen molar-refractivity contribution in [2.75, 3.05) is 36.2 Å². The van der Waals surface area contributed by atoms with Gasteiger partial charge in [0.15, 0.2) is 23.0 Å². The monoisotopic (exact) mass is 714 g/mol. The molecule has 272 valence electrons. The molecule has 4 heterocycles. The number of nitrogens with zero attached hydrogens (tertiary/aromatic N) is 2. The fourth-order valence-electron chi connectivity index (χ4n) is 10.4. The van der Waals surface area contributed by atoms with Crippen LogP contribution >= 0.6 is 0 Å². The number of ether oxygens (including phenoxy) is 4. The van der Waals surface area contributed by atoms with Crippen molar-refractivity contribution in [3.8, 4) is 23.0 Å². The molecule has 0 atom stereocenters. The van der Waals surface area contributed by atoms with Crippen LogP contribution in [0, 0.1) is 17.8 Å². The van der Waals surface area contributed by atoms with Crippen molar-refractivity contribution in [3.05, 3.63) is 101 Å². The third-order valence-corrected chi connectivity index (χ3v) is 12.5. The van der Waals surface area contributed by atoms with Crippen LogP contribution in [0.1, 0.15) is 68.4 Å². The van der Waals surface area contributed by atoms with Crippen molar-refractivity contribution in [3.63, 3.8) is 0 Å². The molecule has 0 aromatic heterocycles. The second-order valence-corrected chi connectivity index (χ2v) is 18.1. The van der Waals surface area contributed by atoms with Crippen molar-refractivity contribution < 1.29 is 18.9 Å². The fourth-order valence-corrected chi connectivity index (χ4v) is 10.4. The molecule has 11 rings (SSSR count). The molecule has 4 aliphatic heterocycles. The van der Waals surface area contributed by atoms with Crippen molar-refractivity contribution in [1.82, 2.24) is 0 Å². The zero-order chi connectivity index (χ0) is 36.5. The van der Waals surface area contributed by atoms with Crippen LogP contribution in [0.2, 0.25) is 0 Å². The molecule has 2 aliphatic carbocycles. The van der Waals surface area contributed by atoms with Crippen LogP contribution in [-0.4, -0.2) is 33.1 Å². The van der Waals surface area contributed by atoms with Gasteiger partial charge in [-0.3, -0.25) is 0 Å². The van der Waals surface area contributed by atoms with E-state index in [4.69, 9.17) is 18.9 Å². The Morgan fingerprint density at radius 1 is 0.481 bits per heavy atom. The maximum atomic E-state index is 6.44. The quantitative estimate of drug-likeness (QED) is 0.167. The number of aryl methyl sites for hydroxylation is 1. The average molecular weight is 715 g/mol. The van der Waals surface area contributed by atoms with E-state index in [0.29, 0.717) is 26.4 Å². The Hall–Kier alpha value is -5.04. The van der Waals surface area contributed by atoms with Crippen LogP contribution in [-0.2, 0) is 25.7 Å². The Bertz CT molecular complexity index is 2420. The van der Waals surface area contributed by atoms with Crippen LogP contribution in [0.4, 0.5) is 34.1 Å². The predicted octanol–water partition coefficient (Wildman–Crippen LogP) is 8.65. The van der Waals surface area contributed by atoms with E-state index in [0.717, 1.165) is 72.9 Å². The summed E-state index contributed by atoms with van der Waals surface area (Å²) in [5, 5.41) is 0. The molecular formula is C47H47BN2O4. The first-order valence-corrected chi connectivity index (χ1v) is 19.9. The van der Waals surface area contributed by atoms with E-state index in [9.17, 15) is 0 Å². The lowest BCUT2D eigenvalue weighted by molar-refractivity contribution is 0.296. The molecule has 54 heavy (non-hydrogen) atoms. The Labute approximate surface area is 319 Å². The first kappa shape index (κ1) is 32.4. The van der Waals surface area contributed by atoms with Gasteiger partial charge in [0.1, 0.15) is 0 Å². The molecule has 0 unspecified atom stereocenters. The highest BCUT2D eigenvalue weighted by Crippen LogP contribution is 2.50. The van der Waals surface area contributed by atoms with Crippen molar-refractivity contribution in [2.24, 2.45) is 10.8 Å². The minimum absolute atomic E-state index is 0.00744. The molecule has 5 aromatic rings. The normalized spacial score (nSPS) is 19.2. The number of fused-ring (bicyclic) bond motifs is 8. The van der Waals surface area contributed by atoms with E-state index < -0.39 is 0 Å². The molecule has 6 aliphatic rings. The second kappa shape index (κ2) is 11.5. The van der Waals surface area contributed by atoms with Crippen molar-refractivity contribution >= 4 is 57.2 Å². The molecule has 0 amide bonds. The lowest BCUT2D eigenvalue weighted by Gasteiger charge is -2.45. The number of hydrogen-bond donors (Lipinski definition) is 0. The summed E-state index contributed by atoms with van der Waals surface area (Å²) in [6.45, 7) is 14.5.